The smallest absolute Gasteiger partial charge is 0.0917 e. The van der Waals surface area contributed by atoms with Crippen LogP contribution in [0.4, 0.5) is 0 Å². The number of likely N-dealkylation sites (N-methyl/N-ethyl adjacent to an activating group) is 1. The first kappa shape index (κ1) is 11.9. The molecule has 0 amide bonds. The van der Waals surface area contributed by atoms with Crippen molar-refractivity contribution >= 4 is 11.6 Å². The third-order valence-electron chi connectivity index (χ3n) is 3.13. The van der Waals surface area contributed by atoms with E-state index in [1.807, 2.05) is 24.3 Å². The minimum Gasteiger partial charge on any atom is -0.387 e. The van der Waals surface area contributed by atoms with Crippen LogP contribution < -0.4 is 0 Å². The fourth-order valence-corrected chi connectivity index (χ4v) is 2.11. The summed E-state index contributed by atoms with van der Waals surface area (Å²) in [6, 6.07) is 8.15. The summed E-state index contributed by atoms with van der Waals surface area (Å²) in [5, 5.41) is 10.8. The van der Waals surface area contributed by atoms with E-state index in [2.05, 4.69) is 11.8 Å². The van der Waals surface area contributed by atoms with E-state index in [9.17, 15) is 5.11 Å². The molecule has 1 aromatic rings. The predicted octanol–water partition coefficient (Wildman–Crippen LogP) is 2.86. The molecule has 2 rings (SSSR count). The lowest BCUT2D eigenvalue weighted by Gasteiger charge is -2.23. The van der Waals surface area contributed by atoms with Crippen molar-refractivity contribution in [1.82, 2.24) is 4.90 Å². The minimum atomic E-state index is -0.405. The van der Waals surface area contributed by atoms with E-state index in [0.717, 1.165) is 18.7 Å². The SMILES string of the molecule is CCN(CC(O)c1ccc(Cl)cc1)C1CC1. The molecule has 1 N–H and O–H groups in total. The quantitative estimate of drug-likeness (QED) is 0.854. The van der Waals surface area contributed by atoms with Crippen LogP contribution in [0.25, 0.3) is 0 Å². The third kappa shape index (κ3) is 2.97. The molecule has 3 heteroatoms. The van der Waals surface area contributed by atoms with E-state index < -0.39 is 6.10 Å². The van der Waals surface area contributed by atoms with Crippen LogP contribution >= 0.6 is 11.6 Å². The normalized spacial score (nSPS) is 17.8. The molecule has 0 spiro atoms. The second kappa shape index (κ2) is 5.17. The first-order valence-electron chi connectivity index (χ1n) is 5.88. The number of hydrogen-bond acceptors (Lipinski definition) is 2. The van der Waals surface area contributed by atoms with Gasteiger partial charge in [-0.15, -0.1) is 0 Å². The standard InChI is InChI=1S/C13H18ClNO/c1-2-15(12-7-8-12)9-13(16)10-3-5-11(14)6-4-10/h3-6,12-13,16H,2,7-9H2,1H3. The average Bonchev–Trinajstić information content (AvgIpc) is 3.10. The summed E-state index contributed by atoms with van der Waals surface area (Å²) in [6.07, 6.45) is 2.15. The van der Waals surface area contributed by atoms with Gasteiger partial charge in [0.1, 0.15) is 0 Å². The molecule has 88 valence electrons. The van der Waals surface area contributed by atoms with Crippen molar-refractivity contribution < 1.29 is 5.11 Å². The van der Waals surface area contributed by atoms with E-state index in [4.69, 9.17) is 11.6 Å². The Morgan fingerprint density at radius 3 is 2.50 bits per heavy atom. The highest BCUT2D eigenvalue weighted by Gasteiger charge is 2.29. The molecule has 0 saturated heterocycles. The summed E-state index contributed by atoms with van der Waals surface area (Å²) in [4.78, 5) is 2.35. The van der Waals surface area contributed by atoms with Crippen LogP contribution in [-0.4, -0.2) is 29.1 Å². The van der Waals surface area contributed by atoms with Gasteiger partial charge in [-0.1, -0.05) is 30.7 Å². The van der Waals surface area contributed by atoms with Crippen LogP contribution in [0, 0.1) is 0 Å². The van der Waals surface area contributed by atoms with Crippen molar-refractivity contribution in [2.75, 3.05) is 13.1 Å². The molecule has 1 unspecified atom stereocenters. The number of nitrogens with zero attached hydrogens (tertiary/aromatic N) is 1. The van der Waals surface area contributed by atoms with Crippen molar-refractivity contribution in [2.24, 2.45) is 0 Å². The van der Waals surface area contributed by atoms with Gasteiger partial charge in [0.05, 0.1) is 6.10 Å². The van der Waals surface area contributed by atoms with Crippen molar-refractivity contribution in [3.63, 3.8) is 0 Å². The lowest BCUT2D eigenvalue weighted by molar-refractivity contribution is 0.112. The highest BCUT2D eigenvalue weighted by molar-refractivity contribution is 6.30. The topological polar surface area (TPSA) is 23.5 Å². The van der Waals surface area contributed by atoms with Gasteiger partial charge in [0.25, 0.3) is 0 Å². The summed E-state index contributed by atoms with van der Waals surface area (Å²) in [5.41, 5.74) is 0.948. The highest BCUT2D eigenvalue weighted by atomic mass is 35.5. The van der Waals surface area contributed by atoms with Crippen molar-refractivity contribution in [2.45, 2.75) is 31.9 Å². The highest BCUT2D eigenvalue weighted by Crippen LogP contribution is 2.28. The zero-order chi connectivity index (χ0) is 11.5. The maximum Gasteiger partial charge on any atom is 0.0917 e. The Morgan fingerprint density at radius 2 is 2.00 bits per heavy atom. The molecule has 0 heterocycles. The Morgan fingerprint density at radius 1 is 1.38 bits per heavy atom. The maximum absolute atomic E-state index is 10.1. The van der Waals surface area contributed by atoms with Gasteiger partial charge < -0.3 is 5.11 Å². The Balaban J connectivity index is 1.95. The van der Waals surface area contributed by atoms with Gasteiger partial charge in [0, 0.05) is 17.6 Å². The largest absolute Gasteiger partial charge is 0.387 e. The van der Waals surface area contributed by atoms with Gasteiger partial charge in [-0.2, -0.15) is 0 Å². The first-order valence-corrected chi connectivity index (χ1v) is 6.26. The van der Waals surface area contributed by atoms with Crippen LogP contribution in [0.2, 0.25) is 5.02 Å². The van der Waals surface area contributed by atoms with Crippen LogP contribution in [0.5, 0.6) is 0 Å². The van der Waals surface area contributed by atoms with Crippen molar-refractivity contribution in [1.29, 1.82) is 0 Å². The maximum atomic E-state index is 10.1. The Kier molecular flexibility index (Phi) is 3.85. The Hall–Kier alpha value is -0.570. The lowest BCUT2D eigenvalue weighted by atomic mass is 10.1. The van der Waals surface area contributed by atoms with Crippen molar-refractivity contribution in [3.8, 4) is 0 Å². The summed E-state index contributed by atoms with van der Waals surface area (Å²) in [5.74, 6) is 0. The van der Waals surface area contributed by atoms with E-state index in [1.165, 1.54) is 12.8 Å². The monoisotopic (exact) mass is 239 g/mol. The lowest BCUT2D eigenvalue weighted by Crippen LogP contribution is -2.30. The van der Waals surface area contributed by atoms with Crippen LogP contribution in [0.3, 0.4) is 0 Å². The summed E-state index contributed by atoms with van der Waals surface area (Å²) >= 11 is 5.82. The van der Waals surface area contributed by atoms with Crippen LogP contribution in [0.15, 0.2) is 24.3 Å². The Labute approximate surface area is 102 Å². The molecule has 2 nitrogen and oxygen atoms in total. The number of halogens is 1. The van der Waals surface area contributed by atoms with E-state index >= 15 is 0 Å². The molecular formula is C13H18ClNO. The van der Waals surface area contributed by atoms with E-state index in [1.54, 1.807) is 0 Å². The fraction of sp³-hybridized carbons (Fsp3) is 0.538. The van der Waals surface area contributed by atoms with Gasteiger partial charge in [-0.3, -0.25) is 4.90 Å². The molecule has 1 atom stereocenters. The third-order valence-corrected chi connectivity index (χ3v) is 3.38. The zero-order valence-corrected chi connectivity index (χ0v) is 10.3. The molecule has 0 radical (unpaired) electrons. The molecule has 0 aliphatic heterocycles. The number of benzene rings is 1. The number of aliphatic hydroxyl groups excluding tert-OH is 1. The van der Waals surface area contributed by atoms with Gasteiger partial charge in [-0.05, 0) is 37.1 Å². The van der Waals surface area contributed by atoms with Crippen LogP contribution in [0.1, 0.15) is 31.4 Å². The Bertz CT molecular complexity index is 334. The van der Waals surface area contributed by atoms with Crippen LogP contribution in [-0.2, 0) is 0 Å². The van der Waals surface area contributed by atoms with Gasteiger partial charge in [0.15, 0.2) is 0 Å². The minimum absolute atomic E-state index is 0.405. The predicted molar refractivity (Wildman–Crippen MR) is 66.7 cm³/mol. The molecule has 1 aliphatic rings. The summed E-state index contributed by atoms with van der Waals surface area (Å²) < 4.78 is 0. The van der Waals surface area contributed by atoms with E-state index in [-0.39, 0.29) is 0 Å². The fourth-order valence-electron chi connectivity index (χ4n) is 1.99. The average molecular weight is 240 g/mol. The molecule has 0 aromatic heterocycles. The second-order valence-corrected chi connectivity index (χ2v) is 4.82. The molecule has 1 saturated carbocycles. The molecular weight excluding hydrogens is 222 g/mol. The van der Waals surface area contributed by atoms with Crippen molar-refractivity contribution in [3.05, 3.63) is 34.9 Å². The number of aliphatic hydroxyl groups is 1. The molecule has 16 heavy (non-hydrogen) atoms. The van der Waals surface area contributed by atoms with Gasteiger partial charge >= 0.3 is 0 Å². The molecule has 1 aromatic carbocycles. The zero-order valence-electron chi connectivity index (χ0n) is 9.56. The molecule has 0 bridgehead atoms. The second-order valence-electron chi connectivity index (χ2n) is 4.39. The van der Waals surface area contributed by atoms with E-state index in [0.29, 0.717) is 11.1 Å². The van der Waals surface area contributed by atoms with Gasteiger partial charge in [-0.25, -0.2) is 0 Å². The first-order chi connectivity index (χ1) is 7.70. The molecule has 1 fully saturated rings. The summed E-state index contributed by atoms with van der Waals surface area (Å²) in [6.45, 7) is 3.88. The number of hydrogen-bond donors (Lipinski definition) is 1. The van der Waals surface area contributed by atoms with Gasteiger partial charge in [0.2, 0.25) is 0 Å². The summed E-state index contributed by atoms with van der Waals surface area (Å²) in [7, 11) is 0. The number of rotatable bonds is 5. The molecule has 1 aliphatic carbocycles.